The minimum absolute atomic E-state index is 0.0981. The van der Waals surface area contributed by atoms with Gasteiger partial charge in [-0.2, -0.15) is 0 Å². The molecule has 0 saturated heterocycles. The molecule has 2 N–H and O–H groups in total. The fourth-order valence-electron chi connectivity index (χ4n) is 1.22. The number of aromatic nitrogens is 1. The molecule has 0 aliphatic rings. The van der Waals surface area contributed by atoms with E-state index in [-0.39, 0.29) is 11.6 Å². The quantitative estimate of drug-likeness (QED) is 0.389. The molecule has 0 unspecified atom stereocenters. The van der Waals surface area contributed by atoms with Crippen LogP contribution < -0.4 is 5.32 Å². The maximum atomic E-state index is 11.6. The molecule has 0 radical (unpaired) electrons. The number of nitrogens with one attached hydrogen (secondary N) is 2. The summed E-state index contributed by atoms with van der Waals surface area (Å²) < 4.78 is -1.99. The van der Waals surface area contributed by atoms with Crippen molar-refractivity contribution in [2.45, 2.75) is 17.1 Å². The second-order valence-corrected chi connectivity index (χ2v) is 5.94. The summed E-state index contributed by atoms with van der Waals surface area (Å²) in [6.07, 6.45) is 2.06. The lowest BCUT2D eigenvalue weighted by atomic mass is 10.2. The fraction of sp³-hybridized carbons (Fsp3) is 0.333. The highest BCUT2D eigenvalue weighted by molar-refractivity contribution is 6.77. The number of Topliss-reactive ketones (excluding diaryl/α,β-unsaturated/α-hetero) is 1. The molecular formula is C12H11Cl3N2O2. The zero-order chi connectivity index (χ0) is 14.5. The number of ketones is 1. The van der Waals surface area contributed by atoms with Crippen molar-refractivity contribution >= 4 is 46.5 Å². The van der Waals surface area contributed by atoms with E-state index in [2.05, 4.69) is 22.1 Å². The van der Waals surface area contributed by atoms with E-state index in [1.165, 1.54) is 13.0 Å². The molecule has 0 bridgehead atoms. The molecule has 1 rings (SSSR count). The Morgan fingerprint density at radius 1 is 1.42 bits per heavy atom. The maximum absolute atomic E-state index is 11.6. The maximum Gasteiger partial charge on any atom is 0.254 e. The molecule has 0 aliphatic heterocycles. The van der Waals surface area contributed by atoms with E-state index < -0.39 is 9.58 Å². The van der Waals surface area contributed by atoms with Gasteiger partial charge in [-0.1, -0.05) is 46.6 Å². The molecule has 1 heterocycles. The minimum Gasteiger partial charge on any atom is -0.357 e. The first-order valence-corrected chi connectivity index (χ1v) is 6.47. The average molecular weight is 322 g/mol. The Morgan fingerprint density at radius 3 is 2.68 bits per heavy atom. The van der Waals surface area contributed by atoms with Crippen LogP contribution in [0.1, 0.15) is 29.4 Å². The van der Waals surface area contributed by atoms with E-state index in [4.69, 9.17) is 34.8 Å². The summed E-state index contributed by atoms with van der Waals surface area (Å²) in [7, 11) is 0. The van der Waals surface area contributed by atoms with Crippen LogP contribution in [0.25, 0.3) is 0 Å². The predicted octanol–water partition coefficient (Wildman–Crippen LogP) is 2.45. The summed E-state index contributed by atoms with van der Waals surface area (Å²) >= 11 is 16.5. The van der Waals surface area contributed by atoms with Crippen LogP contribution in [-0.4, -0.2) is 27.0 Å². The summed E-state index contributed by atoms with van der Waals surface area (Å²) in [6.45, 7) is 1.92. The average Bonchev–Trinajstić information content (AvgIpc) is 2.74. The van der Waals surface area contributed by atoms with Crippen molar-refractivity contribution < 1.29 is 9.59 Å². The van der Waals surface area contributed by atoms with Crippen molar-refractivity contribution in [3.05, 3.63) is 23.5 Å². The number of hydrogen-bond donors (Lipinski definition) is 2. The monoisotopic (exact) mass is 320 g/mol. The largest absolute Gasteiger partial charge is 0.357 e. The lowest BCUT2D eigenvalue weighted by molar-refractivity contribution is -0.118. The summed E-state index contributed by atoms with van der Waals surface area (Å²) in [4.78, 5) is 24.9. The normalized spacial score (nSPS) is 10.5. The number of alkyl halides is 3. The summed E-state index contributed by atoms with van der Waals surface area (Å²) in [5.41, 5.74) is 0.798. The van der Waals surface area contributed by atoms with Crippen molar-refractivity contribution in [3.63, 3.8) is 0 Å². The molecule has 7 heteroatoms. The molecular weight excluding hydrogens is 311 g/mol. The molecule has 102 valence electrons. The van der Waals surface area contributed by atoms with Crippen LogP contribution in [-0.2, 0) is 4.79 Å². The number of aromatic amines is 1. The Bertz CT molecular complexity index is 535. The number of amides is 1. The Kier molecular flexibility index (Phi) is 5.74. The molecule has 1 aromatic rings. The summed E-state index contributed by atoms with van der Waals surface area (Å²) in [6, 6.07) is 1.51. The second-order valence-electron chi connectivity index (χ2n) is 3.66. The van der Waals surface area contributed by atoms with Gasteiger partial charge in [-0.25, -0.2) is 0 Å². The highest BCUT2D eigenvalue weighted by atomic mass is 35.6. The molecule has 0 saturated carbocycles. The highest BCUT2D eigenvalue weighted by Crippen LogP contribution is 2.30. The van der Waals surface area contributed by atoms with Gasteiger partial charge >= 0.3 is 0 Å². The number of halogens is 3. The molecule has 0 fully saturated rings. The van der Waals surface area contributed by atoms with Gasteiger partial charge in [0.2, 0.25) is 11.7 Å². The lowest BCUT2D eigenvalue weighted by Crippen LogP contribution is -2.20. The van der Waals surface area contributed by atoms with Gasteiger partial charge < -0.3 is 10.3 Å². The van der Waals surface area contributed by atoms with E-state index in [1.54, 1.807) is 6.20 Å². The van der Waals surface area contributed by atoms with Gasteiger partial charge in [-0.05, 0) is 6.07 Å². The highest BCUT2D eigenvalue weighted by Gasteiger charge is 2.32. The van der Waals surface area contributed by atoms with Crippen LogP contribution in [0.5, 0.6) is 0 Å². The van der Waals surface area contributed by atoms with Crippen LogP contribution in [0, 0.1) is 11.8 Å². The van der Waals surface area contributed by atoms with Crippen molar-refractivity contribution in [1.82, 2.24) is 10.3 Å². The number of carbonyl (C=O) groups is 2. The Labute approximate surface area is 125 Å². The van der Waals surface area contributed by atoms with E-state index >= 15 is 0 Å². The number of carbonyl (C=O) groups excluding carboxylic acids is 2. The third-order valence-corrected chi connectivity index (χ3v) is 2.56. The first kappa shape index (κ1) is 15.9. The number of H-pyrrole nitrogens is 1. The van der Waals surface area contributed by atoms with Crippen molar-refractivity contribution in [2.75, 3.05) is 6.54 Å². The molecule has 1 aromatic heterocycles. The zero-order valence-electron chi connectivity index (χ0n) is 10.0. The molecule has 4 nitrogen and oxygen atoms in total. The van der Waals surface area contributed by atoms with Crippen molar-refractivity contribution in [1.29, 1.82) is 0 Å². The van der Waals surface area contributed by atoms with Crippen LogP contribution >= 0.6 is 34.8 Å². The minimum atomic E-state index is -1.99. The Morgan fingerprint density at radius 2 is 2.11 bits per heavy atom. The molecule has 0 aromatic carbocycles. The van der Waals surface area contributed by atoms with E-state index in [1.807, 2.05) is 0 Å². The molecule has 19 heavy (non-hydrogen) atoms. The fourth-order valence-corrected chi connectivity index (χ4v) is 1.52. The SMILES string of the molecule is CC(=O)NCCC#Cc1c[nH]c(C(=O)C(Cl)(Cl)Cl)c1. The van der Waals surface area contributed by atoms with Crippen molar-refractivity contribution in [2.24, 2.45) is 0 Å². The van der Waals surface area contributed by atoms with Crippen molar-refractivity contribution in [3.8, 4) is 11.8 Å². The van der Waals surface area contributed by atoms with Gasteiger partial charge in [0.1, 0.15) is 0 Å². The topological polar surface area (TPSA) is 62.0 Å². The zero-order valence-corrected chi connectivity index (χ0v) is 12.3. The van der Waals surface area contributed by atoms with Crippen LogP contribution in [0.2, 0.25) is 0 Å². The molecule has 0 spiro atoms. The Balaban J connectivity index is 2.59. The van der Waals surface area contributed by atoms with Crippen LogP contribution in [0.15, 0.2) is 12.3 Å². The Hall–Kier alpha value is -1.15. The van der Waals surface area contributed by atoms with Gasteiger partial charge in [0.15, 0.2) is 0 Å². The predicted molar refractivity (Wildman–Crippen MR) is 75.6 cm³/mol. The standard InChI is InChI=1S/C12H11Cl3N2O2/c1-8(18)16-5-3-2-4-9-6-10(17-7-9)11(19)12(13,14)15/h6-7,17H,3,5H2,1H3,(H,16,18). The van der Waals surface area contributed by atoms with Crippen LogP contribution in [0.3, 0.4) is 0 Å². The van der Waals surface area contributed by atoms with E-state index in [0.29, 0.717) is 18.5 Å². The van der Waals surface area contributed by atoms with Crippen LogP contribution in [0.4, 0.5) is 0 Å². The third-order valence-electron chi connectivity index (χ3n) is 2.04. The van der Waals surface area contributed by atoms with Gasteiger partial charge in [0, 0.05) is 31.6 Å². The first-order chi connectivity index (χ1) is 8.80. The summed E-state index contributed by atoms with van der Waals surface area (Å²) in [5, 5.41) is 2.62. The first-order valence-electron chi connectivity index (χ1n) is 5.34. The second kappa shape index (κ2) is 6.85. The molecule has 1 amide bonds. The molecule has 0 aliphatic carbocycles. The van der Waals surface area contributed by atoms with Gasteiger partial charge in [-0.3, -0.25) is 9.59 Å². The molecule has 0 atom stereocenters. The smallest absolute Gasteiger partial charge is 0.254 e. The van der Waals surface area contributed by atoms with E-state index in [0.717, 1.165) is 0 Å². The van der Waals surface area contributed by atoms with Gasteiger partial charge in [-0.15, -0.1) is 0 Å². The number of rotatable bonds is 3. The summed E-state index contributed by atoms with van der Waals surface area (Å²) in [5.74, 6) is 4.95. The third kappa shape index (κ3) is 5.56. The number of hydrogen-bond acceptors (Lipinski definition) is 2. The lowest BCUT2D eigenvalue weighted by Gasteiger charge is -2.06. The van der Waals surface area contributed by atoms with Gasteiger partial charge in [0.25, 0.3) is 3.79 Å². The van der Waals surface area contributed by atoms with E-state index in [9.17, 15) is 9.59 Å². The van der Waals surface area contributed by atoms with Gasteiger partial charge in [0.05, 0.1) is 5.69 Å².